The van der Waals surface area contributed by atoms with Gasteiger partial charge < -0.3 is 0 Å². The van der Waals surface area contributed by atoms with E-state index in [4.69, 9.17) is 0 Å². The van der Waals surface area contributed by atoms with Crippen LogP contribution in [0.4, 0.5) is 4.39 Å². The van der Waals surface area contributed by atoms with E-state index in [1.54, 1.807) is 13.0 Å². The van der Waals surface area contributed by atoms with E-state index in [-0.39, 0.29) is 5.92 Å². The van der Waals surface area contributed by atoms with Crippen molar-refractivity contribution in [2.75, 3.05) is 0 Å². The van der Waals surface area contributed by atoms with Gasteiger partial charge in [-0.3, -0.25) is 0 Å². The van der Waals surface area contributed by atoms with E-state index in [1.165, 1.54) is 0 Å². The van der Waals surface area contributed by atoms with Gasteiger partial charge in [-0.2, -0.15) is 0 Å². The molecule has 0 bridgehead atoms. The number of halogens is 1. The van der Waals surface area contributed by atoms with Crippen molar-refractivity contribution in [2.45, 2.75) is 25.4 Å². The monoisotopic (exact) mass is 140 g/mol. The summed E-state index contributed by atoms with van der Waals surface area (Å²) in [4.78, 5) is 0. The molecule has 0 saturated heterocycles. The van der Waals surface area contributed by atoms with Gasteiger partial charge in [0, 0.05) is 0 Å². The lowest BCUT2D eigenvalue weighted by Gasteiger charge is -1.93. The molecule has 0 radical (unpaired) electrons. The maximum atomic E-state index is 12.8. The minimum Gasteiger partial charge on any atom is -0.244 e. The fourth-order valence-electron chi connectivity index (χ4n) is 1.09. The number of hydrogen-bond acceptors (Lipinski definition) is 0. The molecular weight excluding hydrogens is 127 g/mol. The Balaban J connectivity index is 2.18. The normalized spacial score (nSPS) is 38.4. The zero-order chi connectivity index (χ0) is 7.61. The summed E-state index contributed by atoms with van der Waals surface area (Å²) in [6.07, 6.45) is 7.16. The van der Waals surface area contributed by atoms with Gasteiger partial charge in [-0.15, -0.1) is 0 Å². The lowest BCUT2D eigenvalue weighted by Crippen LogP contribution is -1.93. The third-order valence-electron chi connectivity index (χ3n) is 2.03. The largest absolute Gasteiger partial charge is 0.244 e. The average Bonchev–Trinajstić information content (AvgIpc) is 2.41. The predicted molar refractivity (Wildman–Crippen MR) is 41.6 cm³/mol. The average molecular weight is 140 g/mol. The first-order chi connectivity index (χ1) is 4.67. The molecule has 1 heteroatoms. The van der Waals surface area contributed by atoms with Gasteiger partial charge in [0.2, 0.25) is 0 Å². The summed E-state index contributed by atoms with van der Waals surface area (Å²) in [7, 11) is 0. The Morgan fingerprint density at radius 1 is 1.80 bits per heavy atom. The highest BCUT2D eigenvalue weighted by atomic mass is 19.1. The Hall–Kier alpha value is -0.590. The molecule has 0 heterocycles. The maximum Gasteiger partial charge on any atom is 0.111 e. The van der Waals surface area contributed by atoms with Crippen molar-refractivity contribution in [1.82, 2.24) is 0 Å². The van der Waals surface area contributed by atoms with Crippen molar-refractivity contribution in [1.29, 1.82) is 0 Å². The lowest BCUT2D eigenvalue weighted by molar-refractivity contribution is 0.309. The fourth-order valence-corrected chi connectivity index (χ4v) is 1.09. The van der Waals surface area contributed by atoms with Crippen LogP contribution in [0.3, 0.4) is 0 Å². The summed E-state index contributed by atoms with van der Waals surface area (Å²) in [6.45, 7) is 5.20. The lowest BCUT2D eigenvalue weighted by atomic mass is 10.2. The molecular formula is C9H13F. The van der Waals surface area contributed by atoms with Crippen molar-refractivity contribution in [3.05, 3.63) is 24.8 Å². The van der Waals surface area contributed by atoms with Crippen LogP contribution < -0.4 is 0 Å². The SMILES string of the molecule is C=C/C=C/CC1CC1(C)F. The smallest absolute Gasteiger partial charge is 0.111 e. The van der Waals surface area contributed by atoms with E-state index in [0.717, 1.165) is 12.8 Å². The first-order valence-corrected chi connectivity index (χ1v) is 3.63. The second-order valence-electron chi connectivity index (χ2n) is 3.08. The first-order valence-electron chi connectivity index (χ1n) is 3.63. The van der Waals surface area contributed by atoms with Crippen molar-refractivity contribution >= 4 is 0 Å². The molecule has 0 N–H and O–H groups in total. The van der Waals surface area contributed by atoms with E-state index in [1.807, 2.05) is 12.2 Å². The molecule has 0 aromatic carbocycles. The molecule has 0 nitrogen and oxygen atoms in total. The third kappa shape index (κ3) is 1.69. The molecule has 2 unspecified atom stereocenters. The van der Waals surface area contributed by atoms with E-state index < -0.39 is 5.67 Å². The number of rotatable bonds is 3. The van der Waals surface area contributed by atoms with Crippen LogP contribution in [0.5, 0.6) is 0 Å². The third-order valence-corrected chi connectivity index (χ3v) is 2.03. The summed E-state index contributed by atoms with van der Waals surface area (Å²) in [5, 5.41) is 0. The van der Waals surface area contributed by atoms with Crippen molar-refractivity contribution in [2.24, 2.45) is 5.92 Å². The van der Waals surface area contributed by atoms with Gasteiger partial charge in [0.15, 0.2) is 0 Å². The van der Waals surface area contributed by atoms with Crippen molar-refractivity contribution in [3.63, 3.8) is 0 Å². The quantitative estimate of drug-likeness (QED) is 0.529. The predicted octanol–water partition coefficient (Wildman–Crippen LogP) is 2.87. The Labute approximate surface area is 61.4 Å². The molecule has 10 heavy (non-hydrogen) atoms. The van der Waals surface area contributed by atoms with Crippen molar-refractivity contribution in [3.8, 4) is 0 Å². The Morgan fingerprint density at radius 3 is 2.80 bits per heavy atom. The molecule has 56 valence electrons. The highest BCUT2D eigenvalue weighted by molar-refractivity contribution is 5.06. The van der Waals surface area contributed by atoms with Crippen molar-refractivity contribution < 1.29 is 4.39 Å². The summed E-state index contributed by atoms with van der Waals surface area (Å²) in [6, 6.07) is 0. The number of alkyl halides is 1. The molecule has 1 fully saturated rings. The molecule has 0 aromatic rings. The summed E-state index contributed by atoms with van der Waals surface area (Å²) in [5.41, 5.74) is -0.870. The van der Waals surface area contributed by atoms with Gasteiger partial charge in [-0.1, -0.05) is 24.8 Å². The number of hydrogen-bond donors (Lipinski definition) is 0. The van der Waals surface area contributed by atoms with Gasteiger partial charge >= 0.3 is 0 Å². The second-order valence-corrected chi connectivity index (χ2v) is 3.08. The molecule has 0 amide bonds. The Morgan fingerprint density at radius 2 is 2.40 bits per heavy atom. The number of allylic oxidation sites excluding steroid dienone is 3. The van der Waals surface area contributed by atoms with Gasteiger partial charge in [-0.05, 0) is 25.7 Å². The molecule has 0 aromatic heterocycles. The van der Waals surface area contributed by atoms with Gasteiger partial charge in [0.25, 0.3) is 0 Å². The minimum atomic E-state index is -0.870. The maximum absolute atomic E-state index is 12.8. The zero-order valence-electron chi connectivity index (χ0n) is 6.31. The molecule has 1 saturated carbocycles. The summed E-state index contributed by atoms with van der Waals surface area (Å²) >= 11 is 0. The van der Waals surface area contributed by atoms with Crippen LogP contribution in [-0.4, -0.2) is 5.67 Å². The van der Waals surface area contributed by atoms with Crippen LogP contribution in [0.1, 0.15) is 19.8 Å². The zero-order valence-corrected chi connectivity index (χ0v) is 6.31. The first kappa shape index (κ1) is 7.52. The van der Waals surface area contributed by atoms with Crippen LogP contribution in [-0.2, 0) is 0 Å². The topological polar surface area (TPSA) is 0 Å². The summed E-state index contributed by atoms with van der Waals surface area (Å²) in [5.74, 6) is 0.267. The van der Waals surface area contributed by atoms with E-state index in [9.17, 15) is 4.39 Å². The van der Waals surface area contributed by atoms with Gasteiger partial charge in [0.1, 0.15) is 5.67 Å². The van der Waals surface area contributed by atoms with E-state index >= 15 is 0 Å². The minimum absolute atomic E-state index is 0.267. The molecule has 1 aliphatic rings. The van der Waals surface area contributed by atoms with E-state index in [2.05, 4.69) is 6.58 Å². The summed E-state index contributed by atoms with van der Waals surface area (Å²) < 4.78 is 12.8. The van der Waals surface area contributed by atoms with Gasteiger partial charge in [-0.25, -0.2) is 4.39 Å². The molecule has 2 atom stereocenters. The van der Waals surface area contributed by atoms with Crippen LogP contribution in [0.15, 0.2) is 24.8 Å². The standard InChI is InChI=1S/C9H13F/c1-3-4-5-6-8-7-9(8,2)10/h3-5,8H,1,6-7H2,2H3/b5-4+. The highest BCUT2D eigenvalue weighted by Crippen LogP contribution is 2.48. The molecule has 1 rings (SSSR count). The highest BCUT2D eigenvalue weighted by Gasteiger charge is 2.49. The Kier molecular flexibility index (Phi) is 1.93. The van der Waals surface area contributed by atoms with Crippen LogP contribution in [0.2, 0.25) is 0 Å². The van der Waals surface area contributed by atoms with E-state index in [0.29, 0.717) is 0 Å². The Bertz CT molecular complexity index is 156. The van der Waals surface area contributed by atoms with Crippen LogP contribution in [0.25, 0.3) is 0 Å². The van der Waals surface area contributed by atoms with Crippen LogP contribution in [0, 0.1) is 5.92 Å². The van der Waals surface area contributed by atoms with Crippen LogP contribution >= 0.6 is 0 Å². The molecule has 1 aliphatic carbocycles. The molecule has 0 aliphatic heterocycles. The molecule has 0 spiro atoms. The van der Waals surface area contributed by atoms with Gasteiger partial charge in [0.05, 0.1) is 0 Å². The second kappa shape index (κ2) is 2.57. The fraction of sp³-hybridized carbons (Fsp3) is 0.556.